The van der Waals surface area contributed by atoms with Crippen LogP contribution in [0.15, 0.2) is 49.1 Å². The maximum atomic E-state index is 10.6. The summed E-state index contributed by atoms with van der Waals surface area (Å²) in [7, 11) is 0. The van der Waals surface area contributed by atoms with Gasteiger partial charge in [0.05, 0.1) is 12.1 Å². The van der Waals surface area contributed by atoms with Gasteiger partial charge < -0.3 is 5.11 Å². The third-order valence-electron chi connectivity index (χ3n) is 3.52. The molecule has 0 bridgehead atoms. The van der Waals surface area contributed by atoms with Crippen molar-refractivity contribution in [2.24, 2.45) is 5.41 Å². The summed E-state index contributed by atoms with van der Waals surface area (Å²) in [5.74, 6) is 0. The minimum absolute atomic E-state index is 0.118. The lowest BCUT2D eigenvalue weighted by Gasteiger charge is -2.32. The van der Waals surface area contributed by atoms with Gasteiger partial charge in [0.2, 0.25) is 0 Å². The molecule has 0 aliphatic rings. The average molecular weight is 285 g/mol. The van der Waals surface area contributed by atoms with E-state index in [1.807, 2.05) is 39.0 Å². The fourth-order valence-electron chi connectivity index (χ4n) is 2.26. The van der Waals surface area contributed by atoms with Crippen LogP contribution < -0.4 is 0 Å². The quantitative estimate of drug-likeness (QED) is 0.916. The fourth-order valence-corrected chi connectivity index (χ4v) is 2.26. The lowest BCUT2D eigenvalue weighted by Crippen LogP contribution is -2.35. The molecule has 0 radical (unpaired) electrons. The SMILES string of the molecule is CC(C)(C)C(O)C(C/C=C/c1ccccc1)n1cncn1. The molecule has 1 aromatic heterocycles. The highest BCUT2D eigenvalue weighted by molar-refractivity contribution is 5.48. The Morgan fingerprint density at radius 2 is 1.95 bits per heavy atom. The molecule has 1 heterocycles. The van der Waals surface area contributed by atoms with Gasteiger partial charge in [-0.1, -0.05) is 63.3 Å². The van der Waals surface area contributed by atoms with E-state index >= 15 is 0 Å². The number of aliphatic hydroxyl groups is 1. The number of hydrogen-bond donors (Lipinski definition) is 1. The highest BCUT2D eigenvalue weighted by Crippen LogP contribution is 2.30. The molecule has 2 rings (SSSR count). The Balaban J connectivity index is 2.12. The van der Waals surface area contributed by atoms with Crippen LogP contribution in [-0.4, -0.2) is 26.0 Å². The van der Waals surface area contributed by atoms with Crippen LogP contribution in [0.4, 0.5) is 0 Å². The second-order valence-electron chi connectivity index (χ2n) is 6.30. The minimum atomic E-state index is -0.500. The van der Waals surface area contributed by atoms with E-state index in [4.69, 9.17) is 0 Å². The standard InChI is InChI=1S/C17H23N3O/c1-17(2,3)16(21)15(20-13-18-12-19-20)11-7-10-14-8-5-4-6-9-14/h4-10,12-13,15-16,21H,11H2,1-3H3/b10-7+. The lowest BCUT2D eigenvalue weighted by atomic mass is 9.83. The Hall–Kier alpha value is -1.94. The number of allylic oxidation sites excluding steroid dienone is 1. The zero-order chi connectivity index (χ0) is 15.3. The third-order valence-corrected chi connectivity index (χ3v) is 3.52. The van der Waals surface area contributed by atoms with Gasteiger partial charge in [-0.15, -0.1) is 0 Å². The molecule has 0 saturated carbocycles. The monoisotopic (exact) mass is 285 g/mol. The molecular weight excluding hydrogens is 262 g/mol. The number of nitrogens with zero attached hydrogens (tertiary/aromatic N) is 3. The summed E-state index contributed by atoms with van der Waals surface area (Å²) in [4.78, 5) is 3.99. The molecule has 2 unspecified atom stereocenters. The van der Waals surface area contributed by atoms with E-state index < -0.39 is 6.10 Å². The first-order valence-corrected chi connectivity index (χ1v) is 7.22. The maximum absolute atomic E-state index is 10.6. The molecule has 0 aliphatic carbocycles. The van der Waals surface area contributed by atoms with Gasteiger partial charge in [-0.25, -0.2) is 9.67 Å². The average Bonchev–Trinajstić information content (AvgIpc) is 2.97. The second kappa shape index (κ2) is 6.68. The van der Waals surface area contributed by atoms with E-state index in [1.165, 1.54) is 6.33 Å². The van der Waals surface area contributed by atoms with Gasteiger partial charge in [0.15, 0.2) is 0 Å². The van der Waals surface area contributed by atoms with Crippen molar-refractivity contribution in [3.8, 4) is 0 Å². The molecule has 2 aromatic rings. The van der Waals surface area contributed by atoms with E-state index in [0.29, 0.717) is 6.42 Å². The van der Waals surface area contributed by atoms with Gasteiger partial charge in [-0.05, 0) is 17.4 Å². The molecule has 1 N–H and O–H groups in total. The van der Waals surface area contributed by atoms with Crippen LogP contribution in [0.2, 0.25) is 0 Å². The zero-order valence-electron chi connectivity index (χ0n) is 12.8. The molecule has 0 fully saturated rings. The molecule has 1 aromatic carbocycles. The Bertz CT molecular complexity index is 555. The van der Waals surface area contributed by atoms with Gasteiger partial charge in [-0.2, -0.15) is 5.10 Å². The van der Waals surface area contributed by atoms with Crippen LogP contribution in [-0.2, 0) is 0 Å². The first-order valence-electron chi connectivity index (χ1n) is 7.22. The van der Waals surface area contributed by atoms with Crippen molar-refractivity contribution in [1.29, 1.82) is 0 Å². The predicted molar refractivity (Wildman–Crippen MR) is 84.6 cm³/mol. The van der Waals surface area contributed by atoms with Gasteiger partial charge in [0.25, 0.3) is 0 Å². The van der Waals surface area contributed by atoms with Crippen LogP contribution >= 0.6 is 0 Å². The molecule has 0 saturated heterocycles. The van der Waals surface area contributed by atoms with Crippen LogP contribution in [0.5, 0.6) is 0 Å². The second-order valence-corrected chi connectivity index (χ2v) is 6.30. The fraction of sp³-hybridized carbons (Fsp3) is 0.412. The molecule has 2 atom stereocenters. The Labute approximate surface area is 126 Å². The minimum Gasteiger partial charge on any atom is -0.390 e. The van der Waals surface area contributed by atoms with Gasteiger partial charge in [0.1, 0.15) is 12.7 Å². The van der Waals surface area contributed by atoms with Crippen LogP contribution in [0.1, 0.15) is 38.8 Å². The Morgan fingerprint density at radius 1 is 1.24 bits per heavy atom. The number of hydrogen-bond acceptors (Lipinski definition) is 3. The normalized spacial score (nSPS) is 15.2. The van der Waals surface area contributed by atoms with E-state index in [1.54, 1.807) is 11.0 Å². The summed E-state index contributed by atoms with van der Waals surface area (Å²) < 4.78 is 1.74. The first kappa shape index (κ1) is 15.4. The molecule has 21 heavy (non-hydrogen) atoms. The van der Waals surface area contributed by atoms with Crippen molar-refractivity contribution >= 4 is 6.08 Å². The largest absolute Gasteiger partial charge is 0.390 e. The predicted octanol–water partition coefficient (Wildman–Crippen LogP) is 3.33. The van der Waals surface area contributed by atoms with E-state index in [9.17, 15) is 5.11 Å². The number of aliphatic hydroxyl groups excluding tert-OH is 1. The summed E-state index contributed by atoms with van der Waals surface area (Å²) in [6.07, 6.45) is 7.52. The molecule has 0 aliphatic heterocycles. The maximum Gasteiger partial charge on any atom is 0.137 e. The van der Waals surface area contributed by atoms with Crippen LogP contribution in [0.3, 0.4) is 0 Å². The number of benzene rings is 1. The summed E-state index contributed by atoms with van der Waals surface area (Å²) in [6.45, 7) is 6.09. The lowest BCUT2D eigenvalue weighted by molar-refractivity contribution is 0.0134. The summed E-state index contributed by atoms with van der Waals surface area (Å²) >= 11 is 0. The van der Waals surface area contributed by atoms with Gasteiger partial charge >= 0.3 is 0 Å². The van der Waals surface area contributed by atoms with Gasteiger partial charge in [0, 0.05) is 0 Å². The third kappa shape index (κ3) is 4.26. The van der Waals surface area contributed by atoms with Crippen molar-refractivity contribution in [1.82, 2.24) is 14.8 Å². The molecule has 4 heteroatoms. The summed E-state index contributed by atoms with van der Waals surface area (Å²) in [5.41, 5.74) is 0.942. The Kier molecular flexibility index (Phi) is 4.91. The van der Waals surface area contributed by atoms with E-state index in [2.05, 4.69) is 34.4 Å². The van der Waals surface area contributed by atoms with Gasteiger partial charge in [-0.3, -0.25) is 0 Å². The van der Waals surface area contributed by atoms with Crippen molar-refractivity contribution in [2.45, 2.75) is 39.3 Å². The number of aromatic nitrogens is 3. The Morgan fingerprint density at radius 3 is 2.52 bits per heavy atom. The van der Waals surface area contributed by atoms with E-state index in [-0.39, 0.29) is 11.5 Å². The zero-order valence-corrected chi connectivity index (χ0v) is 12.8. The van der Waals surface area contributed by atoms with E-state index in [0.717, 1.165) is 5.56 Å². The van der Waals surface area contributed by atoms with Crippen molar-refractivity contribution in [2.75, 3.05) is 0 Å². The summed E-state index contributed by atoms with van der Waals surface area (Å²) in [6, 6.07) is 10.0. The van der Waals surface area contributed by atoms with Crippen LogP contribution in [0.25, 0.3) is 6.08 Å². The molecular formula is C17H23N3O. The smallest absolute Gasteiger partial charge is 0.137 e. The van der Waals surface area contributed by atoms with Crippen molar-refractivity contribution in [3.63, 3.8) is 0 Å². The first-order chi connectivity index (χ1) is 9.98. The molecule has 4 nitrogen and oxygen atoms in total. The molecule has 0 spiro atoms. The summed E-state index contributed by atoms with van der Waals surface area (Å²) in [5, 5.41) is 14.8. The van der Waals surface area contributed by atoms with Crippen molar-refractivity contribution < 1.29 is 5.11 Å². The highest BCUT2D eigenvalue weighted by Gasteiger charge is 2.31. The molecule has 0 amide bonds. The highest BCUT2D eigenvalue weighted by atomic mass is 16.3. The topological polar surface area (TPSA) is 50.9 Å². The number of rotatable bonds is 5. The van der Waals surface area contributed by atoms with Crippen LogP contribution in [0, 0.1) is 5.41 Å². The van der Waals surface area contributed by atoms with Crippen molar-refractivity contribution in [3.05, 3.63) is 54.6 Å². The molecule has 112 valence electrons.